The van der Waals surface area contributed by atoms with Gasteiger partial charge in [0, 0.05) is 30.4 Å². The maximum Gasteiger partial charge on any atom is 0.319 e. The quantitative estimate of drug-likeness (QED) is 0.687. The number of nitriles is 1. The van der Waals surface area contributed by atoms with Gasteiger partial charge in [0.25, 0.3) is 5.91 Å². The molecule has 3 aliphatic heterocycles. The number of hydrogen-bond acceptors (Lipinski definition) is 5. The standard InChI is InChI=1S/C28H33N5O3/c1-19-3-5-21(16-25(19)31-27(35)30-23-7-11-32(2)12-8-23)26(34)33-13-9-28(10-14-33)24-6-4-20(17-29)15-22(24)18-36-28/h3-6,15-16,23H,7-14,18H2,1-2H3,(H2,30,31,35). The Kier molecular flexibility index (Phi) is 6.69. The predicted octanol–water partition coefficient (Wildman–Crippen LogP) is 3.74. The van der Waals surface area contributed by atoms with E-state index in [9.17, 15) is 14.9 Å². The lowest BCUT2D eigenvalue weighted by atomic mass is 9.83. The zero-order valence-electron chi connectivity index (χ0n) is 21.0. The maximum atomic E-state index is 13.3. The monoisotopic (exact) mass is 487 g/mol. The van der Waals surface area contributed by atoms with Crippen LogP contribution in [0.4, 0.5) is 10.5 Å². The number of anilines is 1. The van der Waals surface area contributed by atoms with Crippen molar-refractivity contribution in [3.8, 4) is 6.07 Å². The number of rotatable bonds is 3. The van der Waals surface area contributed by atoms with Gasteiger partial charge in [-0.15, -0.1) is 0 Å². The molecule has 0 atom stereocenters. The number of hydrogen-bond donors (Lipinski definition) is 2. The Morgan fingerprint density at radius 2 is 1.83 bits per heavy atom. The van der Waals surface area contributed by atoms with Crippen molar-refractivity contribution >= 4 is 17.6 Å². The van der Waals surface area contributed by atoms with E-state index in [2.05, 4.69) is 28.7 Å². The van der Waals surface area contributed by atoms with Crippen LogP contribution in [0.3, 0.4) is 0 Å². The molecular formula is C28H33N5O3. The number of piperidine rings is 2. The van der Waals surface area contributed by atoms with Gasteiger partial charge in [-0.3, -0.25) is 4.79 Å². The molecule has 2 N–H and O–H groups in total. The van der Waals surface area contributed by atoms with E-state index >= 15 is 0 Å². The molecule has 2 aromatic rings. The maximum absolute atomic E-state index is 13.3. The summed E-state index contributed by atoms with van der Waals surface area (Å²) in [6, 6.07) is 13.4. The SMILES string of the molecule is Cc1ccc(C(=O)N2CCC3(CC2)OCc2cc(C#N)ccc23)cc1NC(=O)NC1CCN(C)CC1. The molecule has 36 heavy (non-hydrogen) atoms. The van der Waals surface area contributed by atoms with Crippen molar-refractivity contribution in [3.05, 3.63) is 64.2 Å². The number of urea groups is 1. The normalized spacial score (nSPS) is 19.5. The largest absolute Gasteiger partial charge is 0.365 e. The fourth-order valence-corrected chi connectivity index (χ4v) is 5.57. The van der Waals surface area contributed by atoms with Crippen LogP contribution in [0.1, 0.15) is 58.3 Å². The second-order valence-electron chi connectivity index (χ2n) is 10.3. The van der Waals surface area contributed by atoms with Crippen LogP contribution in [0, 0.1) is 18.3 Å². The number of aryl methyl sites for hydroxylation is 1. The van der Waals surface area contributed by atoms with Gasteiger partial charge >= 0.3 is 6.03 Å². The second kappa shape index (κ2) is 9.92. The summed E-state index contributed by atoms with van der Waals surface area (Å²) in [6.07, 6.45) is 3.30. The van der Waals surface area contributed by atoms with Crippen molar-refractivity contribution in [2.24, 2.45) is 0 Å². The highest BCUT2D eigenvalue weighted by Crippen LogP contribution is 2.44. The van der Waals surface area contributed by atoms with Crippen molar-refractivity contribution in [1.29, 1.82) is 5.26 Å². The van der Waals surface area contributed by atoms with Crippen molar-refractivity contribution in [3.63, 3.8) is 0 Å². The van der Waals surface area contributed by atoms with Crippen LogP contribution < -0.4 is 10.6 Å². The minimum atomic E-state index is -0.383. The molecule has 3 heterocycles. The summed E-state index contributed by atoms with van der Waals surface area (Å²) >= 11 is 0. The van der Waals surface area contributed by atoms with E-state index in [0.29, 0.717) is 49.4 Å². The van der Waals surface area contributed by atoms with E-state index in [1.165, 1.54) is 0 Å². The van der Waals surface area contributed by atoms with Gasteiger partial charge in [0.1, 0.15) is 0 Å². The Labute approximate surface area is 212 Å². The lowest BCUT2D eigenvalue weighted by Crippen LogP contribution is -2.45. The van der Waals surface area contributed by atoms with Crippen molar-refractivity contribution < 1.29 is 14.3 Å². The number of carbonyl (C=O) groups excluding carboxylic acids is 2. The molecule has 8 nitrogen and oxygen atoms in total. The molecule has 2 aromatic carbocycles. The molecule has 3 aliphatic rings. The van der Waals surface area contributed by atoms with Gasteiger partial charge in [-0.25, -0.2) is 4.79 Å². The number of fused-ring (bicyclic) bond motifs is 2. The summed E-state index contributed by atoms with van der Waals surface area (Å²) in [5, 5.41) is 15.2. The van der Waals surface area contributed by atoms with E-state index in [4.69, 9.17) is 4.74 Å². The zero-order chi connectivity index (χ0) is 25.3. The number of nitrogens with one attached hydrogen (secondary N) is 2. The van der Waals surface area contributed by atoms with Crippen LogP contribution in [0.5, 0.6) is 0 Å². The highest BCUT2D eigenvalue weighted by Gasteiger charge is 2.43. The number of ether oxygens (including phenoxy) is 1. The van der Waals surface area contributed by atoms with Crippen LogP contribution in [0.15, 0.2) is 36.4 Å². The molecular weight excluding hydrogens is 454 g/mol. The second-order valence-corrected chi connectivity index (χ2v) is 10.3. The van der Waals surface area contributed by atoms with Crippen LogP contribution in [0.2, 0.25) is 0 Å². The first kappa shape index (κ1) is 24.3. The summed E-state index contributed by atoms with van der Waals surface area (Å²) in [6.45, 7) is 5.56. The van der Waals surface area contributed by atoms with Gasteiger partial charge in [-0.2, -0.15) is 5.26 Å². The number of carbonyl (C=O) groups is 2. The van der Waals surface area contributed by atoms with E-state index < -0.39 is 0 Å². The van der Waals surface area contributed by atoms with Crippen molar-refractivity contribution in [2.75, 3.05) is 38.5 Å². The van der Waals surface area contributed by atoms with Crippen molar-refractivity contribution in [2.45, 2.75) is 50.9 Å². The summed E-state index contributed by atoms with van der Waals surface area (Å²) < 4.78 is 6.23. The molecule has 0 bridgehead atoms. The van der Waals surface area contributed by atoms with Gasteiger partial charge in [-0.1, -0.05) is 12.1 Å². The Morgan fingerprint density at radius 1 is 1.08 bits per heavy atom. The summed E-state index contributed by atoms with van der Waals surface area (Å²) in [5.41, 5.74) is 4.61. The molecule has 8 heteroatoms. The summed E-state index contributed by atoms with van der Waals surface area (Å²) in [5.74, 6) is -0.0401. The lowest BCUT2D eigenvalue weighted by molar-refractivity contribution is -0.0741. The molecule has 3 amide bonds. The van der Waals surface area contributed by atoms with Crippen LogP contribution in [-0.2, 0) is 16.9 Å². The topological polar surface area (TPSA) is 97.7 Å². The zero-order valence-corrected chi connectivity index (χ0v) is 21.0. The molecule has 1 spiro atoms. The third-order valence-electron chi connectivity index (χ3n) is 7.87. The number of nitrogens with zero attached hydrogens (tertiary/aromatic N) is 3. The first-order chi connectivity index (χ1) is 17.4. The Morgan fingerprint density at radius 3 is 2.56 bits per heavy atom. The number of amides is 3. The Hall–Kier alpha value is -3.41. The fourth-order valence-electron chi connectivity index (χ4n) is 5.57. The molecule has 0 radical (unpaired) electrons. The Bertz CT molecular complexity index is 1200. The highest BCUT2D eigenvalue weighted by molar-refractivity contribution is 5.97. The summed E-state index contributed by atoms with van der Waals surface area (Å²) in [4.78, 5) is 30.1. The minimum Gasteiger partial charge on any atom is -0.365 e. The molecule has 188 valence electrons. The van der Waals surface area contributed by atoms with E-state index in [-0.39, 0.29) is 23.6 Å². The molecule has 2 fully saturated rings. The number of benzene rings is 2. The minimum absolute atomic E-state index is 0.0401. The van der Waals surface area contributed by atoms with Gasteiger partial charge in [-0.05, 0) is 93.7 Å². The smallest absolute Gasteiger partial charge is 0.319 e. The van der Waals surface area contributed by atoms with Gasteiger partial charge in [0.05, 0.1) is 23.8 Å². The third-order valence-corrected chi connectivity index (χ3v) is 7.87. The van der Waals surface area contributed by atoms with E-state index in [1.54, 1.807) is 6.07 Å². The van der Waals surface area contributed by atoms with Crippen LogP contribution in [-0.4, -0.2) is 61.0 Å². The third kappa shape index (κ3) is 4.81. The lowest BCUT2D eigenvalue weighted by Gasteiger charge is -2.39. The molecule has 0 unspecified atom stereocenters. The van der Waals surface area contributed by atoms with Gasteiger partial charge in [0.15, 0.2) is 0 Å². The molecule has 0 saturated carbocycles. The fraction of sp³-hybridized carbons (Fsp3) is 0.464. The molecule has 2 saturated heterocycles. The Balaban J connectivity index is 1.22. The average Bonchev–Trinajstić information content (AvgIpc) is 3.23. The molecule has 0 aliphatic carbocycles. The number of likely N-dealkylation sites (tertiary alicyclic amines) is 2. The predicted molar refractivity (Wildman–Crippen MR) is 137 cm³/mol. The first-order valence-electron chi connectivity index (χ1n) is 12.7. The van der Waals surface area contributed by atoms with Crippen molar-refractivity contribution in [1.82, 2.24) is 15.1 Å². The van der Waals surface area contributed by atoms with Gasteiger partial charge in [0.2, 0.25) is 0 Å². The van der Waals surface area contributed by atoms with E-state index in [0.717, 1.165) is 42.6 Å². The van der Waals surface area contributed by atoms with Crippen LogP contribution in [0.25, 0.3) is 0 Å². The summed E-state index contributed by atoms with van der Waals surface area (Å²) in [7, 11) is 2.09. The van der Waals surface area contributed by atoms with Gasteiger partial charge < -0.3 is 25.2 Å². The van der Waals surface area contributed by atoms with Crippen LogP contribution >= 0.6 is 0 Å². The molecule has 5 rings (SSSR count). The first-order valence-corrected chi connectivity index (χ1v) is 12.7. The molecule has 0 aromatic heterocycles. The highest BCUT2D eigenvalue weighted by atomic mass is 16.5. The average molecular weight is 488 g/mol. The van der Waals surface area contributed by atoms with E-state index in [1.807, 2.05) is 42.2 Å².